The predicted octanol–water partition coefficient (Wildman–Crippen LogP) is 4.01. The van der Waals surface area contributed by atoms with E-state index < -0.39 is 0 Å². The molecule has 150 valence electrons. The van der Waals surface area contributed by atoms with Crippen LogP contribution in [0.2, 0.25) is 0 Å². The van der Waals surface area contributed by atoms with E-state index >= 15 is 0 Å². The van der Waals surface area contributed by atoms with Crippen LogP contribution in [-0.2, 0) is 6.42 Å². The second-order valence-electron chi connectivity index (χ2n) is 7.94. The number of nitrogens with one attached hydrogen (secondary N) is 2. The fourth-order valence-electron chi connectivity index (χ4n) is 4.07. The van der Waals surface area contributed by atoms with Crippen LogP contribution in [0.5, 0.6) is 0 Å². The molecule has 0 spiro atoms. The Labute approximate surface area is 171 Å². The summed E-state index contributed by atoms with van der Waals surface area (Å²) in [6, 6.07) is 15.2. The maximum absolute atomic E-state index is 12.7. The van der Waals surface area contributed by atoms with Crippen molar-refractivity contribution in [3.63, 3.8) is 0 Å². The first-order chi connectivity index (χ1) is 14.1. The monoisotopic (exact) mass is 389 g/mol. The number of likely N-dealkylation sites (tertiary alicyclic amines) is 1. The molecule has 1 atom stereocenters. The van der Waals surface area contributed by atoms with Gasteiger partial charge >= 0.3 is 0 Å². The van der Waals surface area contributed by atoms with Crippen molar-refractivity contribution < 1.29 is 9.59 Å². The summed E-state index contributed by atoms with van der Waals surface area (Å²) in [5, 5.41) is 4.16. The number of amides is 2. The molecule has 1 saturated heterocycles. The number of fused-ring (bicyclic) bond motifs is 1. The molecule has 4 rings (SSSR count). The van der Waals surface area contributed by atoms with Gasteiger partial charge in [0.25, 0.3) is 11.8 Å². The minimum atomic E-state index is -0.115. The number of benzene rings is 2. The van der Waals surface area contributed by atoms with Gasteiger partial charge in [0.05, 0.1) is 0 Å². The molecule has 0 radical (unpaired) electrons. The van der Waals surface area contributed by atoms with Gasteiger partial charge in [-0.25, -0.2) is 0 Å². The van der Waals surface area contributed by atoms with Gasteiger partial charge in [-0.3, -0.25) is 9.59 Å². The quantitative estimate of drug-likeness (QED) is 0.692. The van der Waals surface area contributed by atoms with Gasteiger partial charge in [0.1, 0.15) is 0 Å². The number of hydrogen-bond donors (Lipinski definition) is 2. The van der Waals surface area contributed by atoms with E-state index in [-0.39, 0.29) is 11.8 Å². The highest BCUT2D eigenvalue weighted by Gasteiger charge is 2.22. The normalized spacial score (nSPS) is 16.7. The summed E-state index contributed by atoms with van der Waals surface area (Å²) in [6.07, 6.45) is 5.00. The van der Waals surface area contributed by atoms with Crippen LogP contribution >= 0.6 is 0 Å². The highest BCUT2D eigenvalue weighted by molar-refractivity contribution is 5.98. The van der Waals surface area contributed by atoms with Crippen LogP contribution in [0.15, 0.2) is 54.7 Å². The fourth-order valence-corrected chi connectivity index (χ4v) is 4.07. The van der Waals surface area contributed by atoms with Gasteiger partial charge in [-0.05, 0) is 61.1 Å². The lowest BCUT2D eigenvalue weighted by Gasteiger charge is -2.31. The number of para-hydroxylation sites is 1. The van der Waals surface area contributed by atoms with E-state index in [1.807, 2.05) is 29.3 Å². The van der Waals surface area contributed by atoms with Crippen LogP contribution in [0.4, 0.5) is 0 Å². The minimum absolute atomic E-state index is 0.0582. The summed E-state index contributed by atoms with van der Waals surface area (Å²) in [4.78, 5) is 30.3. The van der Waals surface area contributed by atoms with Crippen molar-refractivity contribution in [2.24, 2.45) is 5.92 Å². The molecule has 1 aliphatic heterocycles. The largest absolute Gasteiger partial charge is 0.361 e. The van der Waals surface area contributed by atoms with Crippen molar-refractivity contribution in [2.75, 3.05) is 19.6 Å². The van der Waals surface area contributed by atoms with Gasteiger partial charge in [-0.1, -0.05) is 25.1 Å². The average Bonchev–Trinajstić information content (AvgIpc) is 3.16. The van der Waals surface area contributed by atoms with Crippen LogP contribution in [0.25, 0.3) is 10.9 Å². The zero-order valence-electron chi connectivity index (χ0n) is 16.8. The number of nitrogens with zero attached hydrogens (tertiary/aromatic N) is 1. The number of piperidine rings is 1. The molecule has 1 aliphatic rings. The molecule has 0 aliphatic carbocycles. The third kappa shape index (κ3) is 4.34. The maximum atomic E-state index is 12.7. The number of rotatable bonds is 5. The Hall–Kier alpha value is -3.08. The number of hydrogen-bond acceptors (Lipinski definition) is 2. The highest BCUT2D eigenvalue weighted by Crippen LogP contribution is 2.19. The summed E-state index contributed by atoms with van der Waals surface area (Å²) >= 11 is 0. The van der Waals surface area contributed by atoms with Crippen LogP contribution in [0.3, 0.4) is 0 Å². The Kier molecular flexibility index (Phi) is 5.65. The molecular formula is C24H27N3O2. The van der Waals surface area contributed by atoms with Gasteiger partial charge in [-0.15, -0.1) is 0 Å². The number of aromatic amines is 1. The average molecular weight is 389 g/mol. The Bertz CT molecular complexity index is 1010. The zero-order valence-corrected chi connectivity index (χ0v) is 16.8. The minimum Gasteiger partial charge on any atom is -0.361 e. The number of carbonyl (C=O) groups excluding carboxylic acids is 2. The molecular weight excluding hydrogens is 362 g/mol. The first-order valence-electron chi connectivity index (χ1n) is 10.3. The predicted molar refractivity (Wildman–Crippen MR) is 115 cm³/mol. The van der Waals surface area contributed by atoms with E-state index in [1.165, 1.54) is 17.4 Å². The standard InChI is InChI=1S/C24H27N3O2/c1-17-5-4-14-27(16-17)24(29)19-10-8-18(9-11-19)23(28)25-13-12-20-15-26-22-7-3-2-6-21(20)22/h2-3,6-11,15,17,26H,4-5,12-14,16H2,1H3,(H,25,28). The summed E-state index contributed by atoms with van der Waals surface area (Å²) in [6.45, 7) is 4.38. The molecule has 1 fully saturated rings. The first kappa shape index (κ1) is 19.2. The molecule has 2 N–H and O–H groups in total. The van der Waals surface area contributed by atoms with E-state index in [9.17, 15) is 9.59 Å². The van der Waals surface area contributed by atoms with E-state index in [2.05, 4.69) is 23.3 Å². The van der Waals surface area contributed by atoms with Crippen molar-refractivity contribution in [1.29, 1.82) is 0 Å². The molecule has 2 amide bonds. The van der Waals surface area contributed by atoms with E-state index in [4.69, 9.17) is 0 Å². The number of carbonyl (C=O) groups is 2. The Balaban J connectivity index is 1.32. The zero-order chi connectivity index (χ0) is 20.2. The molecule has 5 heteroatoms. The van der Waals surface area contributed by atoms with Gasteiger partial charge in [-0.2, -0.15) is 0 Å². The van der Waals surface area contributed by atoms with Gasteiger partial charge < -0.3 is 15.2 Å². The van der Waals surface area contributed by atoms with Crippen molar-refractivity contribution in [3.8, 4) is 0 Å². The van der Waals surface area contributed by atoms with Crippen molar-refractivity contribution in [3.05, 3.63) is 71.4 Å². The summed E-state index contributed by atoms with van der Waals surface area (Å²) < 4.78 is 0. The molecule has 0 saturated carbocycles. The van der Waals surface area contributed by atoms with Crippen molar-refractivity contribution in [1.82, 2.24) is 15.2 Å². The Morgan fingerprint density at radius 2 is 1.86 bits per heavy atom. The van der Waals surface area contributed by atoms with Crippen LogP contribution in [-0.4, -0.2) is 41.3 Å². The smallest absolute Gasteiger partial charge is 0.253 e. The SMILES string of the molecule is CC1CCCN(C(=O)c2ccc(C(=O)NCCc3c[nH]c4ccccc34)cc2)C1. The maximum Gasteiger partial charge on any atom is 0.253 e. The number of H-pyrrole nitrogens is 1. The highest BCUT2D eigenvalue weighted by atomic mass is 16.2. The lowest BCUT2D eigenvalue weighted by molar-refractivity contribution is 0.0682. The van der Waals surface area contributed by atoms with Gasteiger partial charge in [0, 0.05) is 47.9 Å². The van der Waals surface area contributed by atoms with E-state index in [0.717, 1.165) is 31.4 Å². The van der Waals surface area contributed by atoms with Crippen molar-refractivity contribution >= 4 is 22.7 Å². The number of aromatic nitrogens is 1. The Morgan fingerprint density at radius 3 is 2.66 bits per heavy atom. The molecule has 1 unspecified atom stereocenters. The molecule has 2 aromatic carbocycles. The summed E-state index contributed by atoms with van der Waals surface area (Å²) in [5.41, 5.74) is 3.52. The topological polar surface area (TPSA) is 65.2 Å². The first-order valence-corrected chi connectivity index (χ1v) is 10.3. The summed E-state index contributed by atoms with van der Waals surface area (Å²) in [7, 11) is 0. The van der Waals surface area contributed by atoms with E-state index in [1.54, 1.807) is 24.3 Å². The third-order valence-corrected chi connectivity index (χ3v) is 5.69. The second-order valence-corrected chi connectivity index (χ2v) is 7.94. The molecule has 2 heterocycles. The van der Waals surface area contributed by atoms with Crippen LogP contribution in [0, 0.1) is 5.92 Å². The summed E-state index contributed by atoms with van der Waals surface area (Å²) in [5.74, 6) is 0.494. The Morgan fingerprint density at radius 1 is 1.10 bits per heavy atom. The molecule has 5 nitrogen and oxygen atoms in total. The molecule has 0 bridgehead atoms. The lowest BCUT2D eigenvalue weighted by Crippen LogP contribution is -2.39. The van der Waals surface area contributed by atoms with E-state index in [0.29, 0.717) is 23.6 Å². The molecule has 29 heavy (non-hydrogen) atoms. The van der Waals surface area contributed by atoms with Crippen LogP contribution in [0.1, 0.15) is 46.0 Å². The lowest BCUT2D eigenvalue weighted by atomic mass is 9.99. The molecule has 1 aromatic heterocycles. The molecule has 3 aromatic rings. The fraction of sp³-hybridized carbons (Fsp3) is 0.333. The third-order valence-electron chi connectivity index (χ3n) is 5.69. The van der Waals surface area contributed by atoms with Gasteiger partial charge in [0.15, 0.2) is 0 Å². The van der Waals surface area contributed by atoms with Crippen LogP contribution < -0.4 is 5.32 Å². The second kappa shape index (κ2) is 8.52. The van der Waals surface area contributed by atoms with Gasteiger partial charge in [0.2, 0.25) is 0 Å². The van der Waals surface area contributed by atoms with Crippen molar-refractivity contribution in [2.45, 2.75) is 26.2 Å².